The third-order valence-electron chi connectivity index (χ3n) is 6.21. The lowest BCUT2D eigenvalue weighted by molar-refractivity contribution is 0.0358. The van der Waals surface area contributed by atoms with Crippen LogP contribution in [0.25, 0.3) is 11.0 Å². The Morgan fingerprint density at radius 1 is 1.13 bits per heavy atom. The summed E-state index contributed by atoms with van der Waals surface area (Å²) in [5.41, 5.74) is 2.90. The van der Waals surface area contributed by atoms with E-state index in [1.165, 1.54) is 6.33 Å². The second-order valence-electron chi connectivity index (χ2n) is 8.91. The SMILES string of the molecule is Cc1ccc(Br)cc1NC(=O)c1nc[nH]c1C(=O)Nc1nc2cc(OCCCN3CCOCC3)ccc2[nH]1. The molecule has 1 aliphatic rings. The number of carbonyl (C=O) groups is 2. The molecule has 0 aliphatic carbocycles. The molecule has 38 heavy (non-hydrogen) atoms. The Hall–Kier alpha value is -3.74. The molecule has 2 aromatic heterocycles. The number of fused-ring (bicyclic) bond motifs is 1. The van der Waals surface area contributed by atoms with E-state index in [4.69, 9.17) is 9.47 Å². The number of hydrogen-bond donors (Lipinski definition) is 4. The summed E-state index contributed by atoms with van der Waals surface area (Å²) in [7, 11) is 0. The molecule has 0 unspecified atom stereocenters. The lowest BCUT2D eigenvalue weighted by Crippen LogP contribution is -2.37. The molecule has 2 amide bonds. The molecule has 1 fully saturated rings. The van der Waals surface area contributed by atoms with Crippen LogP contribution in [0.4, 0.5) is 11.6 Å². The summed E-state index contributed by atoms with van der Waals surface area (Å²) in [5, 5.41) is 5.50. The smallest absolute Gasteiger partial charge is 0.276 e. The lowest BCUT2D eigenvalue weighted by Gasteiger charge is -2.26. The number of anilines is 2. The predicted octanol–water partition coefficient (Wildman–Crippen LogP) is 3.96. The van der Waals surface area contributed by atoms with Gasteiger partial charge in [-0.1, -0.05) is 22.0 Å². The minimum absolute atomic E-state index is 0.0225. The maximum Gasteiger partial charge on any atom is 0.276 e. The van der Waals surface area contributed by atoms with Crippen LogP contribution in [0.15, 0.2) is 47.2 Å². The number of halogens is 1. The number of aromatic amines is 2. The van der Waals surface area contributed by atoms with Crippen molar-refractivity contribution in [3.8, 4) is 5.75 Å². The summed E-state index contributed by atoms with van der Waals surface area (Å²) in [6.45, 7) is 6.95. The molecule has 5 rings (SSSR count). The minimum atomic E-state index is -0.544. The van der Waals surface area contributed by atoms with Crippen molar-refractivity contribution < 1.29 is 19.1 Å². The zero-order valence-electron chi connectivity index (χ0n) is 20.8. The Labute approximate surface area is 227 Å². The Balaban J connectivity index is 1.19. The molecule has 1 saturated heterocycles. The third kappa shape index (κ3) is 6.21. The molecule has 3 heterocycles. The van der Waals surface area contributed by atoms with Crippen LogP contribution in [0.2, 0.25) is 0 Å². The van der Waals surface area contributed by atoms with Crippen LogP contribution in [0.5, 0.6) is 5.75 Å². The van der Waals surface area contributed by atoms with Crippen molar-refractivity contribution in [1.29, 1.82) is 0 Å². The maximum absolute atomic E-state index is 13.0. The van der Waals surface area contributed by atoms with E-state index in [1.54, 1.807) is 6.07 Å². The average molecular weight is 582 g/mol. The number of morpholine rings is 1. The second kappa shape index (κ2) is 11.8. The summed E-state index contributed by atoms with van der Waals surface area (Å²) in [5.74, 6) is -0.0904. The highest BCUT2D eigenvalue weighted by atomic mass is 79.9. The summed E-state index contributed by atoms with van der Waals surface area (Å²) in [6.07, 6.45) is 2.22. The Bertz CT molecular complexity index is 1440. The molecule has 198 valence electrons. The highest BCUT2D eigenvalue weighted by molar-refractivity contribution is 9.10. The normalized spacial score (nSPS) is 13.9. The van der Waals surface area contributed by atoms with Gasteiger partial charge < -0.3 is 24.8 Å². The quantitative estimate of drug-likeness (QED) is 0.219. The zero-order valence-corrected chi connectivity index (χ0v) is 22.4. The lowest BCUT2D eigenvalue weighted by atomic mass is 10.2. The number of H-pyrrole nitrogens is 2. The number of nitrogens with one attached hydrogen (secondary N) is 4. The van der Waals surface area contributed by atoms with Crippen LogP contribution >= 0.6 is 15.9 Å². The van der Waals surface area contributed by atoms with Crippen LogP contribution in [-0.4, -0.2) is 76.1 Å². The highest BCUT2D eigenvalue weighted by Gasteiger charge is 2.22. The van der Waals surface area contributed by atoms with Crippen molar-refractivity contribution in [2.24, 2.45) is 0 Å². The zero-order chi connectivity index (χ0) is 26.5. The number of carbonyl (C=O) groups excluding carboxylic acids is 2. The van der Waals surface area contributed by atoms with E-state index in [2.05, 4.69) is 51.4 Å². The van der Waals surface area contributed by atoms with E-state index in [-0.39, 0.29) is 17.3 Å². The van der Waals surface area contributed by atoms with E-state index >= 15 is 0 Å². The first kappa shape index (κ1) is 25.9. The van der Waals surface area contributed by atoms with Crippen molar-refractivity contribution >= 4 is 50.4 Å². The van der Waals surface area contributed by atoms with Gasteiger partial charge in [-0.2, -0.15) is 0 Å². The van der Waals surface area contributed by atoms with E-state index in [0.29, 0.717) is 23.6 Å². The van der Waals surface area contributed by atoms with Gasteiger partial charge in [0, 0.05) is 35.9 Å². The topological polar surface area (TPSA) is 137 Å². The van der Waals surface area contributed by atoms with Crippen LogP contribution < -0.4 is 15.4 Å². The molecule has 0 radical (unpaired) electrons. The van der Waals surface area contributed by atoms with E-state index in [1.807, 2.05) is 37.3 Å². The maximum atomic E-state index is 13.0. The van der Waals surface area contributed by atoms with Crippen molar-refractivity contribution in [1.82, 2.24) is 24.8 Å². The van der Waals surface area contributed by atoms with E-state index < -0.39 is 11.8 Å². The van der Waals surface area contributed by atoms with Crippen LogP contribution in [-0.2, 0) is 4.74 Å². The molecule has 0 bridgehead atoms. The Kier molecular flexibility index (Phi) is 8.01. The van der Waals surface area contributed by atoms with Gasteiger partial charge in [0.15, 0.2) is 5.69 Å². The fourth-order valence-electron chi connectivity index (χ4n) is 4.16. The summed E-state index contributed by atoms with van der Waals surface area (Å²) in [6, 6.07) is 11.1. The van der Waals surface area contributed by atoms with Gasteiger partial charge in [-0.25, -0.2) is 9.97 Å². The molecule has 2 aromatic carbocycles. The molecule has 12 heteroatoms. The second-order valence-corrected chi connectivity index (χ2v) is 9.83. The first-order valence-corrected chi connectivity index (χ1v) is 13.1. The third-order valence-corrected chi connectivity index (χ3v) is 6.70. The summed E-state index contributed by atoms with van der Waals surface area (Å²) >= 11 is 3.40. The fourth-order valence-corrected chi connectivity index (χ4v) is 4.52. The highest BCUT2D eigenvalue weighted by Crippen LogP contribution is 2.23. The Morgan fingerprint density at radius 3 is 2.82 bits per heavy atom. The standard InChI is InChI=1S/C26H28BrN7O4/c1-16-3-4-17(27)13-20(16)30-24(35)22-23(29-15-28-22)25(36)33-26-31-19-6-5-18(14-21(19)32-26)38-10-2-7-34-8-11-37-12-9-34/h3-6,13-15H,2,7-12H2,1H3,(H,28,29)(H,30,35)(H2,31,32,33,36). The van der Waals surface area contributed by atoms with Gasteiger partial charge in [-0.15, -0.1) is 0 Å². The van der Waals surface area contributed by atoms with Gasteiger partial charge in [0.25, 0.3) is 11.8 Å². The number of benzene rings is 2. The number of hydrogen-bond acceptors (Lipinski definition) is 7. The summed E-state index contributed by atoms with van der Waals surface area (Å²) < 4.78 is 12.1. The number of aromatic nitrogens is 4. The van der Waals surface area contributed by atoms with Gasteiger partial charge in [0.05, 0.1) is 37.2 Å². The monoisotopic (exact) mass is 581 g/mol. The van der Waals surface area contributed by atoms with Crippen LogP contribution in [0.1, 0.15) is 33.0 Å². The van der Waals surface area contributed by atoms with Crippen molar-refractivity contribution in [2.75, 3.05) is 50.1 Å². The largest absolute Gasteiger partial charge is 0.493 e. The predicted molar refractivity (Wildman–Crippen MR) is 147 cm³/mol. The molecular formula is C26H28BrN7O4. The van der Waals surface area contributed by atoms with E-state index in [0.717, 1.165) is 54.8 Å². The fraction of sp³-hybridized carbons (Fsp3) is 0.308. The van der Waals surface area contributed by atoms with Crippen LogP contribution in [0.3, 0.4) is 0 Å². The minimum Gasteiger partial charge on any atom is -0.493 e. The van der Waals surface area contributed by atoms with Crippen molar-refractivity contribution in [2.45, 2.75) is 13.3 Å². The van der Waals surface area contributed by atoms with Crippen LogP contribution in [0, 0.1) is 6.92 Å². The average Bonchev–Trinajstić information content (AvgIpc) is 3.56. The molecule has 4 aromatic rings. The molecular weight excluding hydrogens is 554 g/mol. The number of aryl methyl sites for hydroxylation is 1. The first-order valence-electron chi connectivity index (χ1n) is 12.3. The van der Waals surface area contributed by atoms with Gasteiger partial charge in [-0.3, -0.25) is 19.8 Å². The number of ether oxygens (including phenoxy) is 2. The molecule has 1 aliphatic heterocycles. The number of rotatable bonds is 9. The molecule has 4 N–H and O–H groups in total. The molecule has 11 nitrogen and oxygen atoms in total. The number of imidazole rings is 2. The number of amides is 2. The van der Waals surface area contributed by atoms with Gasteiger partial charge in [0.2, 0.25) is 5.95 Å². The first-order chi connectivity index (χ1) is 18.5. The number of nitrogens with zero attached hydrogens (tertiary/aromatic N) is 3. The van der Waals surface area contributed by atoms with Gasteiger partial charge in [-0.05, 0) is 43.2 Å². The molecule has 0 atom stereocenters. The van der Waals surface area contributed by atoms with Crippen molar-refractivity contribution in [3.63, 3.8) is 0 Å². The molecule has 0 spiro atoms. The van der Waals surface area contributed by atoms with Crippen molar-refractivity contribution in [3.05, 3.63) is 64.1 Å². The van der Waals surface area contributed by atoms with E-state index in [9.17, 15) is 9.59 Å². The molecule has 0 saturated carbocycles. The van der Waals surface area contributed by atoms with Gasteiger partial charge in [0.1, 0.15) is 11.4 Å². The Morgan fingerprint density at radius 2 is 1.97 bits per heavy atom. The van der Waals surface area contributed by atoms with Gasteiger partial charge >= 0.3 is 0 Å². The summed E-state index contributed by atoms with van der Waals surface area (Å²) in [4.78, 5) is 42.5.